The van der Waals surface area contributed by atoms with E-state index in [0.717, 1.165) is 0 Å². The maximum Gasteiger partial charge on any atom is 0.401 e. The zero-order chi connectivity index (χ0) is 15.3. The maximum absolute atomic E-state index is 12.5. The summed E-state index contributed by atoms with van der Waals surface area (Å²) < 4.78 is 37.5. The molecular formula is C12H23F3N2O2. The SMILES string of the molecule is CCCN(CC(F)(F)F)C(C)CC(C)(NC)C(=O)O. The van der Waals surface area contributed by atoms with Crippen LogP contribution in [0.15, 0.2) is 0 Å². The van der Waals surface area contributed by atoms with E-state index in [9.17, 15) is 18.0 Å². The van der Waals surface area contributed by atoms with Crippen molar-refractivity contribution in [2.75, 3.05) is 20.1 Å². The predicted octanol–water partition coefficient (Wildman–Crippen LogP) is 2.10. The molecule has 2 unspecified atom stereocenters. The number of likely N-dealkylation sites (N-methyl/N-ethyl adjacent to an activating group) is 1. The zero-order valence-corrected chi connectivity index (χ0v) is 11.8. The number of alkyl halides is 3. The van der Waals surface area contributed by atoms with Gasteiger partial charge in [0, 0.05) is 6.04 Å². The molecule has 2 atom stereocenters. The summed E-state index contributed by atoms with van der Waals surface area (Å²) >= 11 is 0. The first-order valence-electron chi connectivity index (χ1n) is 6.29. The van der Waals surface area contributed by atoms with Crippen molar-refractivity contribution in [3.8, 4) is 0 Å². The van der Waals surface area contributed by atoms with Gasteiger partial charge in [-0.3, -0.25) is 9.69 Å². The lowest BCUT2D eigenvalue weighted by Gasteiger charge is -2.35. The first-order chi connectivity index (χ1) is 8.55. The molecule has 0 aromatic heterocycles. The van der Waals surface area contributed by atoms with Crippen LogP contribution in [0.2, 0.25) is 0 Å². The van der Waals surface area contributed by atoms with Gasteiger partial charge in [-0.1, -0.05) is 6.92 Å². The standard InChI is InChI=1S/C12H23F3N2O2/c1-5-6-17(8-12(13,14)15)9(2)7-11(3,16-4)10(18)19/h9,16H,5-8H2,1-4H3,(H,18,19). The average molecular weight is 284 g/mol. The van der Waals surface area contributed by atoms with E-state index in [-0.39, 0.29) is 6.42 Å². The molecule has 4 nitrogen and oxygen atoms in total. The van der Waals surface area contributed by atoms with Gasteiger partial charge in [0.1, 0.15) is 5.54 Å². The quantitative estimate of drug-likeness (QED) is 0.717. The van der Waals surface area contributed by atoms with Crippen LogP contribution in [0.1, 0.15) is 33.6 Å². The Labute approximate surface area is 112 Å². The van der Waals surface area contributed by atoms with Gasteiger partial charge in [-0.05, 0) is 40.3 Å². The predicted molar refractivity (Wildman–Crippen MR) is 67.1 cm³/mol. The van der Waals surface area contributed by atoms with Crippen molar-refractivity contribution in [1.82, 2.24) is 10.2 Å². The Kier molecular flexibility index (Phi) is 6.79. The molecule has 19 heavy (non-hydrogen) atoms. The van der Waals surface area contributed by atoms with Crippen molar-refractivity contribution >= 4 is 5.97 Å². The van der Waals surface area contributed by atoms with Gasteiger partial charge in [0.15, 0.2) is 0 Å². The van der Waals surface area contributed by atoms with Crippen LogP contribution in [0, 0.1) is 0 Å². The number of nitrogens with one attached hydrogen (secondary N) is 1. The van der Waals surface area contributed by atoms with Gasteiger partial charge in [0.2, 0.25) is 0 Å². The number of hydrogen-bond donors (Lipinski definition) is 2. The molecule has 2 N–H and O–H groups in total. The number of aliphatic carboxylic acids is 1. The third kappa shape index (κ3) is 6.24. The fraction of sp³-hybridized carbons (Fsp3) is 0.917. The van der Waals surface area contributed by atoms with E-state index in [2.05, 4.69) is 5.32 Å². The molecule has 0 aromatic carbocycles. The fourth-order valence-corrected chi connectivity index (χ4v) is 1.99. The summed E-state index contributed by atoms with van der Waals surface area (Å²) in [4.78, 5) is 12.4. The molecule has 0 spiro atoms. The van der Waals surface area contributed by atoms with Gasteiger partial charge in [0.05, 0.1) is 6.54 Å². The van der Waals surface area contributed by atoms with Crippen LogP contribution in [-0.2, 0) is 4.79 Å². The largest absolute Gasteiger partial charge is 0.480 e. The Hall–Kier alpha value is -0.820. The van der Waals surface area contributed by atoms with Gasteiger partial charge in [-0.25, -0.2) is 0 Å². The first-order valence-corrected chi connectivity index (χ1v) is 6.29. The van der Waals surface area contributed by atoms with Crippen molar-refractivity contribution in [3.63, 3.8) is 0 Å². The van der Waals surface area contributed by atoms with E-state index < -0.39 is 30.3 Å². The molecule has 0 aliphatic heterocycles. The van der Waals surface area contributed by atoms with Crippen molar-refractivity contribution in [2.45, 2.75) is 51.4 Å². The maximum atomic E-state index is 12.5. The monoisotopic (exact) mass is 284 g/mol. The smallest absolute Gasteiger partial charge is 0.401 e. The number of nitrogens with zero attached hydrogens (tertiary/aromatic N) is 1. The third-order valence-corrected chi connectivity index (χ3v) is 3.24. The Morgan fingerprint density at radius 2 is 1.95 bits per heavy atom. The minimum Gasteiger partial charge on any atom is -0.480 e. The molecule has 0 amide bonds. The van der Waals surface area contributed by atoms with Gasteiger partial charge in [-0.15, -0.1) is 0 Å². The van der Waals surface area contributed by atoms with Gasteiger partial charge >= 0.3 is 12.1 Å². The van der Waals surface area contributed by atoms with Crippen LogP contribution < -0.4 is 5.32 Å². The van der Waals surface area contributed by atoms with E-state index in [0.29, 0.717) is 13.0 Å². The molecule has 0 fully saturated rings. The Morgan fingerprint density at radius 1 is 1.42 bits per heavy atom. The van der Waals surface area contributed by atoms with Gasteiger partial charge in [-0.2, -0.15) is 13.2 Å². The van der Waals surface area contributed by atoms with Crippen LogP contribution in [0.25, 0.3) is 0 Å². The lowest BCUT2D eigenvalue weighted by atomic mass is 9.93. The molecule has 0 bridgehead atoms. The molecule has 0 saturated carbocycles. The Morgan fingerprint density at radius 3 is 2.26 bits per heavy atom. The third-order valence-electron chi connectivity index (χ3n) is 3.24. The molecule has 114 valence electrons. The normalized spacial score (nSPS) is 17.3. The van der Waals surface area contributed by atoms with Crippen LogP contribution in [0.5, 0.6) is 0 Å². The first kappa shape index (κ1) is 18.2. The topological polar surface area (TPSA) is 52.6 Å². The van der Waals surface area contributed by atoms with Crippen LogP contribution in [0.3, 0.4) is 0 Å². The molecule has 0 heterocycles. The zero-order valence-electron chi connectivity index (χ0n) is 11.8. The van der Waals surface area contributed by atoms with E-state index in [1.165, 1.54) is 18.9 Å². The highest BCUT2D eigenvalue weighted by molar-refractivity contribution is 5.78. The summed E-state index contributed by atoms with van der Waals surface area (Å²) in [5.41, 5.74) is -1.23. The van der Waals surface area contributed by atoms with E-state index >= 15 is 0 Å². The highest BCUT2D eigenvalue weighted by atomic mass is 19.4. The number of carbonyl (C=O) groups is 1. The van der Waals surface area contributed by atoms with E-state index in [1.807, 2.05) is 0 Å². The summed E-state index contributed by atoms with van der Waals surface area (Å²) in [6.45, 7) is 4.18. The summed E-state index contributed by atoms with van der Waals surface area (Å²) in [6.07, 6.45) is -3.58. The van der Waals surface area contributed by atoms with Crippen molar-refractivity contribution in [2.24, 2.45) is 0 Å². The lowest BCUT2D eigenvalue weighted by Crippen LogP contribution is -2.53. The summed E-state index contributed by atoms with van der Waals surface area (Å²) in [6, 6.07) is -0.477. The number of rotatable bonds is 8. The molecule has 0 saturated heterocycles. The van der Waals surface area contributed by atoms with Crippen molar-refractivity contribution in [1.29, 1.82) is 0 Å². The van der Waals surface area contributed by atoms with Gasteiger partial charge < -0.3 is 10.4 Å². The Balaban J connectivity index is 4.81. The lowest BCUT2D eigenvalue weighted by molar-refractivity contribution is -0.153. The average Bonchev–Trinajstić information content (AvgIpc) is 2.26. The fourth-order valence-electron chi connectivity index (χ4n) is 1.99. The summed E-state index contributed by atoms with van der Waals surface area (Å²) in [5.74, 6) is -1.06. The highest BCUT2D eigenvalue weighted by Crippen LogP contribution is 2.22. The number of halogens is 3. The van der Waals surface area contributed by atoms with Crippen LogP contribution in [0.4, 0.5) is 13.2 Å². The highest BCUT2D eigenvalue weighted by Gasteiger charge is 2.37. The summed E-state index contributed by atoms with van der Waals surface area (Å²) in [5, 5.41) is 11.8. The molecule has 0 rings (SSSR count). The minimum atomic E-state index is -4.28. The number of carboxylic acid groups (broad SMARTS) is 1. The molecule has 0 radical (unpaired) electrons. The second kappa shape index (κ2) is 7.09. The molecule has 0 aliphatic carbocycles. The van der Waals surface area contributed by atoms with E-state index in [4.69, 9.17) is 5.11 Å². The van der Waals surface area contributed by atoms with Crippen molar-refractivity contribution < 1.29 is 23.1 Å². The van der Waals surface area contributed by atoms with Crippen molar-refractivity contribution in [3.05, 3.63) is 0 Å². The Bertz CT molecular complexity index is 297. The second-order valence-corrected chi connectivity index (χ2v) is 5.03. The summed E-state index contributed by atoms with van der Waals surface area (Å²) in [7, 11) is 1.49. The molecule has 0 aliphatic rings. The molecule has 7 heteroatoms. The van der Waals surface area contributed by atoms with Crippen LogP contribution in [-0.4, -0.2) is 53.9 Å². The van der Waals surface area contributed by atoms with E-state index in [1.54, 1.807) is 13.8 Å². The van der Waals surface area contributed by atoms with Gasteiger partial charge in [0.25, 0.3) is 0 Å². The molecular weight excluding hydrogens is 261 g/mol. The molecule has 0 aromatic rings. The van der Waals surface area contributed by atoms with Crippen LogP contribution >= 0.6 is 0 Å². The second-order valence-electron chi connectivity index (χ2n) is 5.03. The number of hydrogen-bond acceptors (Lipinski definition) is 3. The number of carboxylic acids is 1. The minimum absolute atomic E-state index is 0.106.